The number of fused-ring (bicyclic) bond motifs is 1. The molecule has 5 nitrogen and oxygen atoms in total. The molecular weight excluding hydrogens is 266 g/mol. The Kier molecular flexibility index (Phi) is 4.17. The van der Waals surface area contributed by atoms with Crippen molar-refractivity contribution in [2.24, 2.45) is 0 Å². The third kappa shape index (κ3) is 3.33. The first-order valence-corrected chi connectivity index (χ1v) is 7.25. The van der Waals surface area contributed by atoms with E-state index in [1.807, 2.05) is 26.8 Å². The fourth-order valence-electron chi connectivity index (χ4n) is 2.68. The monoisotopic (exact) mass is 287 g/mol. The Bertz CT molecular complexity index is 597. The predicted molar refractivity (Wildman–Crippen MR) is 80.3 cm³/mol. The lowest BCUT2D eigenvalue weighted by atomic mass is 9.94. The largest absolute Gasteiger partial charge is 0.480 e. The van der Waals surface area contributed by atoms with Crippen LogP contribution in [0.3, 0.4) is 0 Å². The van der Waals surface area contributed by atoms with Gasteiger partial charge >= 0.3 is 5.97 Å². The van der Waals surface area contributed by atoms with Crippen molar-refractivity contribution in [3.05, 3.63) is 22.9 Å². The van der Waals surface area contributed by atoms with E-state index < -0.39 is 11.5 Å². The second kappa shape index (κ2) is 5.72. The molecule has 0 saturated carbocycles. The minimum Gasteiger partial charge on any atom is -0.480 e. The van der Waals surface area contributed by atoms with Crippen LogP contribution >= 0.6 is 0 Å². The third-order valence-corrected chi connectivity index (χ3v) is 3.76. The molecule has 0 fully saturated rings. The summed E-state index contributed by atoms with van der Waals surface area (Å²) < 4.78 is 0. The van der Waals surface area contributed by atoms with Crippen LogP contribution in [0.1, 0.15) is 50.4 Å². The highest BCUT2D eigenvalue weighted by Gasteiger charge is 2.28. The molecule has 0 spiro atoms. The maximum absolute atomic E-state index is 11.2. The first-order chi connectivity index (χ1) is 9.82. The molecular formula is C16H21N3O2. The fourth-order valence-corrected chi connectivity index (χ4v) is 2.68. The Morgan fingerprint density at radius 3 is 2.67 bits per heavy atom. The van der Waals surface area contributed by atoms with E-state index in [0.29, 0.717) is 11.4 Å². The maximum atomic E-state index is 11.2. The standard InChI is InChI=1S/C16H21N3O2/c1-16(2,3)19(10-14(20)21)15-12(9-17)8-11-6-4-5-7-13(11)18-15/h8H,4-7,10H2,1-3H3,(H,20,21). The summed E-state index contributed by atoms with van der Waals surface area (Å²) in [6.07, 6.45) is 4.07. The average Bonchev–Trinajstić information content (AvgIpc) is 2.42. The van der Waals surface area contributed by atoms with Gasteiger partial charge < -0.3 is 10.0 Å². The maximum Gasteiger partial charge on any atom is 0.323 e. The van der Waals surface area contributed by atoms with Gasteiger partial charge in [0.2, 0.25) is 0 Å². The normalized spacial score (nSPS) is 14.2. The van der Waals surface area contributed by atoms with E-state index in [4.69, 9.17) is 5.11 Å². The number of nitriles is 1. The number of rotatable bonds is 3. The minimum atomic E-state index is -0.923. The number of hydrogen-bond donors (Lipinski definition) is 1. The lowest BCUT2D eigenvalue weighted by Crippen LogP contribution is -2.45. The number of hydrogen-bond acceptors (Lipinski definition) is 4. The van der Waals surface area contributed by atoms with Gasteiger partial charge in [-0.05, 0) is 58.1 Å². The summed E-state index contributed by atoms with van der Waals surface area (Å²) in [6.45, 7) is 5.62. The number of aliphatic carboxylic acids is 1. The zero-order chi connectivity index (χ0) is 15.6. The fraction of sp³-hybridized carbons (Fsp3) is 0.562. The molecule has 2 rings (SSSR count). The van der Waals surface area contributed by atoms with E-state index in [9.17, 15) is 10.1 Å². The van der Waals surface area contributed by atoms with Crippen LogP contribution in [0.2, 0.25) is 0 Å². The van der Waals surface area contributed by atoms with E-state index in [-0.39, 0.29) is 6.54 Å². The van der Waals surface area contributed by atoms with Gasteiger partial charge in [0.25, 0.3) is 0 Å². The molecule has 0 saturated heterocycles. The molecule has 112 valence electrons. The molecule has 21 heavy (non-hydrogen) atoms. The Morgan fingerprint density at radius 2 is 2.10 bits per heavy atom. The smallest absolute Gasteiger partial charge is 0.323 e. The van der Waals surface area contributed by atoms with Gasteiger partial charge in [-0.2, -0.15) is 5.26 Å². The molecule has 0 bridgehead atoms. The molecule has 1 aliphatic carbocycles. The summed E-state index contributed by atoms with van der Waals surface area (Å²) in [5, 5.41) is 18.6. The molecule has 5 heteroatoms. The molecule has 0 atom stereocenters. The molecule has 0 aliphatic heterocycles. The summed E-state index contributed by atoms with van der Waals surface area (Å²) in [5.41, 5.74) is 2.19. The zero-order valence-corrected chi connectivity index (χ0v) is 12.8. The van der Waals surface area contributed by atoms with Gasteiger partial charge in [0.05, 0.1) is 5.56 Å². The SMILES string of the molecule is CC(C)(C)N(CC(=O)O)c1nc2c(cc1C#N)CCCC2. The van der Waals surface area contributed by atoms with Crippen LogP contribution < -0.4 is 4.90 Å². The predicted octanol–water partition coefficient (Wildman–Crippen LogP) is 2.52. The molecule has 1 aliphatic rings. The topological polar surface area (TPSA) is 77.2 Å². The summed E-state index contributed by atoms with van der Waals surface area (Å²) in [7, 11) is 0. The summed E-state index contributed by atoms with van der Waals surface area (Å²) >= 11 is 0. The summed E-state index contributed by atoms with van der Waals surface area (Å²) in [4.78, 5) is 17.5. The number of nitrogens with zero attached hydrogens (tertiary/aromatic N) is 3. The van der Waals surface area contributed by atoms with Crippen molar-refractivity contribution in [2.75, 3.05) is 11.4 Å². The van der Waals surface area contributed by atoms with E-state index >= 15 is 0 Å². The lowest BCUT2D eigenvalue weighted by Gasteiger charge is -2.36. The number of aromatic nitrogens is 1. The molecule has 0 aromatic carbocycles. The Labute approximate surface area is 125 Å². The second-order valence-electron chi connectivity index (χ2n) is 6.43. The second-order valence-corrected chi connectivity index (χ2v) is 6.43. The highest BCUT2D eigenvalue weighted by Crippen LogP contribution is 2.30. The van der Waals surface area contributed by atoms with E-state index in [1.165, 1.54) is 0 Å². The molecule has 1 aromatic heterocycles. The highest BCUT2D eigenvalue weighted by molar-refractivity contribution is 5.75. The third-order valence-electron chi connectivity index (χ3n) is 3.76. The number of carboxylic acids is 1. The van der Waals surface area contributed by atoms with E-state index in [1.54, 1.807) is 4.90 Å². The van der Waals surface area contributed by atoms with Gasteiger partial charge in [-0.15, -0.1) is 0 Å². The zero-order valence-electron chi connectivity index (χ0n) is 12.8. The molecule has 1 heterocycles. The van der Waals surface area contributed by atoms with Gasteiger partial charge in [0, 0.05) is 11.2 Å². The number of carboxylic acid groups (broad SMARTS) is 1. The molecule has 1 aromatic rings. The summed E-state index contributed by atoms with van der Waals surface area (Å²) in [6, 6.07) is 4.06. The van der Waals surface area contributed by atoms with Gasteiger partial charge in [0.15, 0.2) is 0 Å². The number of aryl methyl sites for hydroxylation is 2. The molecule has 0 amide bonds. The molecule has 0 radical (unpaired) electrons. The van der Waals surface area contributed by atoms with Gasteiger partial charge in [-0.1, -0.05) is 0 Å². The van der Waals surface area contributed by atoms with Crippen molar-refractivity contribution < 1.29 is 9.90 Å². The lowest BCUT2D eigenvalue weighted by molar-refractivity contribution is -0.135. The van der Waals surface area contributed by atoms with Crippen LogP contribution in [0.5, 0.6) is 0 Å². The van der Waals surface area contributed by atoms with Crippen LogP contribution in [0, 0.1) is 11.3 Å². The molecule has 1 N–H and O–H groups in total. The van der Waals surface area contributed by atoms with Crippen molar-refractivity contribution in [1.82, 2.24) is 4.98 Å². The molecule has 0 unspecified atom stereocenters. The minimum absolute atomic E-state index is 0.163. The van der Waals surface area contributed by atoms with Gasteiger partial charge in [-0.3, -0.25) is 4.79 Å². The van der Waals surface area contributed by atoms with Crippen molar-refractivity contribution in [3.63, 3.8) is 0 Å². The highest BCUT2D eigenvalue weighted by atomic mass is 16.4. The van der Waals surface area contributed by atoms with Gasteiger partial charge in [-0.25, -0.2) is 4.98 Å². The van der Waals surface area contributed by atoms with Crippen molar-refractivity contribution >= 4 is 11.8 Å². The van der Waals surface area contributed by atoms with Crippen LogP contribution in [-0.4, -0.2) is 28.1 Å². The Morgan fingerprint density at radius 1 is 1.43 bits per heavy atom. The number of carbonyl (C=O) groups is 1. The Balaban J connectivity index is 2.53. The van der Waals surface area contributed by atoms with Crippen LogP contribution in [-0.2, 0) is 17.6 Å². The number of anilines is 1. The number of pyridine rings is 1. The van der Waals surface area contributed by atoms with Crippen LogP contribution in [0.4, 0.5) is 5.82 Å². The quantitative estimate of drug-likeness (QED) is 0.924. The van der Waals surface area contributed by atoms with E-state index in [2.05, 4.69) is 11.1 Å². The van der Waals surface area contributed by atoms with Crippen LogP contribution in [0.25, 0.3) is 0 Å². The summed E-state index contributed by atoms with van der Waals surface area (Å²) in [5.74, 6) is -0.429. The Hall–Kier alpha value is -2.09. The first-order valence-electron chi connectivity index (χ1n) is 7.25. The van der Waals surface area contributed by atoms with Crippen molar-refractivity contribution in [2.45, 2.75) is 52.0 Å². The van der Waals surface area contributed by atoms with Crippen molar-refractivity contribution in [3.8, 4) is 6.07 Å². The van der Waals surface area contributed by atoms with E-state index in [0.717, 1.165) is 36.9 Å². The van der Waals surface area contributed by atoms with Crippen LogP contribution in [0.15, 0.2) is 6.07 Å². The van der Waals surface area contributed by atoms with Crippen molar-refractivity contribution in [1.29, 1.82) is 5.26 Å². The van der Waals surface area contributed by atoms with Gasteiger partial charge in [0.1, 0.15) is 18.4 Å². The average molecular weight is 287 g/mol. The first kappa shape index (κ1) is 15.3.